The summed E-state index contributed by atoms with van der Waals surface area (Å²) in [7, 11) is 0. The molecule has 0 aromatic carbocycles. The summed E-state index contributed by atoms with van der Waals surface area (Å²) in [6.45, 7) is 2.71. The van der Waals surface area contributed by atoms with Gasteiger partial charge in [-0.15, -0.1) is 11.3 Å². The number of thiophene rings is 1. The third kappa shape index (κ3) is 2.52. The fourth-order valence-corrected chi connectivity index (χ4v) is 4.40. The lowest BCUT2D eigenvalue weighted by Gasteiger charge is -2.06. The lowest BCUT2D eigenvalue weighted by atomic mass is 10.1. The maximum Gasteiger partial charge on any atom is 0.272 e. The van der Waals surface area contributed by atoms with Crippen LogP contribution in [0.1, 0.15) is 39.8 Å². The van der Waals surface area contributed by atoms with Crippen LogP contribution in [0.15, 0.2) is 16.7 Å². The second-order valence-corrected chi connectivity index (χ2v) is 6.98. The highest BCUT2D eigenvalue weighted by atomic mass is 79.9. The summed E-state index contributed by atoms with van der Waals surface area (Å²) in [5.74, 6) is -0.168. The van der Waals surface area contributed by atoms with Crippen LogP contribution in [0.4, 0.5) is 5.00 Å². The Morgan fingerprint density at radius 2 is 2.38 bits per heavy atom. The van der Waals surface area contributed by atoms with Crippen LogP contribution in [0.3, 0.4) is 0 Å². The molecule has 0 bridgehead atoms. The molecule has 1 N–H and O–H groups in total. The largest absolute Gasteiger partial charge is 0.343 e. The Morgan fingerprint density at radius 3 is 3.10 bits per heavy atom. The van der Waals surface area contributed by atoms with E-state index in [1.807, 2.05) is 17.7 Å². The third-order valence-corrected chi connectivity index (χ3v) is 5.34. The molecule has 0 unspecified atom stereocenters. The molecule has 2 heterocycles. The lowest BCUT2D eigenvalue weighted by molar-refractivity contribution is 0.101. The van der Waals surface area contributed by atoms with E-state index in [0.29, 0.717) is 16.3 Å². The van der Waals surface area contributed by atoms with Crippen molar-refractivity contribution in [2.75, 3.05) is 5.32 Å². The number of aryl methyl sites for hydroxylation is 2. The van der Waals surface area contributed by atoms with Crippen LogP contribution >= 0.6 is 27.3 Å². The molecular weight excluding hydrogens is 350 g/mol. The smallest absolute Gasteiger partial charge is 0.272 e. The topological polar surface area (TPSA) is 57.8 Å². The maximum absolute atomic E-state index is 12.4. The highest BCUT2D eigenvalue weighted by molar-refractivity contribution is 9.10. The van der Waals surface area contributed by atoms with Gasteiger partial charge < -0.3 is 9.88 Å². The van der Waals surface area contributed by atoms with E-state index < -0.39 is 0 Å². The van der Waals surface area contributed by atoms with Gasteiger partial charge in [0.2, 0.25) is 0 Å². The Kier molecular flexibility index (Phi) is 3.87. The zero-order valence-corrected chi connectivity index (χ0v) is 14.0. The van der Waals surface area contributed by atoms with Gasteiger partial charge in [0.1, 0.15) is 16.8 Å². The Balaban J connectivity index is 1.90. The minimum absolute atomic E-state index is 0.168. The van der Waals surface area contributed by atoms with Crippen molar-refractivity contribution in [1.29, 1.82) is 5.26 Å². The zero-order valence-electron chi connectivity index (χ0n) is 11.6. The summed E-state index contributed by atoms with van der Waals surface area (Å²) in [6.07, 6.45) is 4.95. The van der Waals surface area contributed by atoms with Crippen LogP contribution < -0.4 is 5.32 Å². The molecule has 0 radical (unpaired) electrons. The summed E-state index contributed by atoms with van der Waals surface area (Å²) in [5.41, 5.74) is 2.38. The Morgan fingerprint density at radius 1 is 1.57 bits per heavy atom. The van der Waals surface area contributed by atoms with Crippen LogP contribution in [0.25, 0.3) is 0 Å². The molecule has 0 fully saturated rings. The van der Waals surface area contributed by atoms with Gasteiger partial charge >= 0.3 is 0 Å². The van der Waals surface area contributed by atoms with E-state index in [1.165, 1.54) is 4.88 Å². The number of carbonyl (C=O) groups is 1. The fourth-order valence-electron chi connectivity index (χ4n) is 2.70. The fraction of sp³-hybridized carbons (Fsp3) is 0.333. The second-order valence-electron chi connectivity index (χ2n) is 4.96. The Bertz CT molecular complexity index is 754. The van der Waals surface area contributed by atoms with Crippen LogP contribution in [0.5, 0.6) is 0 Å². The van der Waals surface area contributed by atoms with Crippen molar-refractivity contribution in [3.8, 4) is 6.07 Å². The molecule has 0 aliphatic heterocycles. The average molecular weight is 364 g/mol. The summed E-state index contributed by atoms with van der Waals surface area (Å²) < 4.78 is 2.76. The van der Waals surface area contributed by atoms with E-state index >= 15 is 0 Å². The van der Waals surface area contributed by atoms with E-state index in [2.05, 4.69) is 27.3 Å². The number of nitrogens with one attached hydrogen (secondary N) is 1. The van der Waals surface area contributed by atoms with E-state index in [9.17, 15) is 10.1 Å². The number of nitrogens with zero attached hydrogens (tertiary/aromatic N) is 2. The van der Waals surface area contributed by atoms with Gasteiger partial charge in [0.25, 0.3) is 5.91 Å². The Hall–Kier alpha value is -1.58. The van der Waals surface area contributed by atoms with E-state index in [0.717, 1.165) is 35.8 Å². The first-order valence-corrected chi connectivity index (χ1v) is 8.46. The van der Waals surface area contributed by atoms with Gasteiger partial charge in [0.05, 0.1) is 5.56 Å². The summed E-state index contributed by atoms with van der Waals surface area (Å²) in [4.78, 5) is 13.7. The summed E-state index contributed by atoms with van der Waals surface area (Å²) >= 11 is 4.93. The standard InChI is InChI=1S/C15H14BrN3OS/c1-2-19-8-9(16)6-12(19)14(20)18-15-11(7-17)10-4-3-5-13(10)21-15/h6,8H,2-5H2,1H3,(H,18,20). The molecule has 0 saturated carbocycles. The first-order chi connectivity index (χ1) is 10.1. The van der Waals surface area contributed by atoms with Crippen molar-refractivity contribution in [2.45, 2.75) is 32.7 Å². The molecular formula is C15H14BrN3OS. The Labute approximate surface area is 135 Å². The van der Waals surface area contributed by atoms with Crippen molar-refractivity contribution < 1.29 is 4.79 Å². The first kappa shape index (κ1) is 14.4. The zero-order chi connectivity index (χ0) is 15.0. The van der Waals surface area contributed by atoms with Crippen molar-refractivity contribution in [3.63, 3.8) is 0 Å². The number of carbonyl (C=O) groups excluding carboxylic acids is 1. The lowest BCUT2D eigenvalue weighted by Crippen LogP contribution is -2.16. The molecule has 1 amide bonds. The van der Waals surface area contributed by atoms with Crippen LogP contribution in [0.2, 0.25) is 0 Å². The molecule has 1 aliphatic carbocycles. The predicted octanol–water partition coefficient (Wildman–Crippen LogP) is 3.94. The number of nitriles is 1. The van der Waals surface area contributed by atoms with Crippen molar-refractivity contribution in [1.82, 2.24) is 4.57 Å². The van der Waals surface area contributed by atoms with Gasteiger partial charge in [-0.25, -0.2) is 0 Å². The molecule has 0 saturated heterocycles. The first-order valence-electron chi connectivity index (χ1n) is 6.85. The molecule has 21 heavy (non-hydrogen) atoms. The SMILES string of the molecule is CCn1cc(Br)cc1C(=O)Nc1sc2c(c1C#N)CCC2. The molecule has 108 valence electrons. The third-order valence-electron chi connectivity index (χ3n) is 3.70. The van der Waals surface area contributed by atoms with Crippen LogP contribution in [0, 0.1) is 11.3 Å². The maximum atomic E-state index is 12.4. The molecule has 4 nitrogen and oxygen atoms in total. The van der Waals surface area contributed by atoms with Gasteiger partial charge in [0.15, 0.2) is 0 Å². The minimum atomic E-state index is -0.168. The number of halogens is 1. The van der Waals surface area contributed by atoms with Crippen molar-refractivity contribution in [3.05, 3.63) is 38.4 Å². The minimum Gasteiger partial charge on any atom is -0.343 e. The highest BCUT2D eigenvalue weighted by Gasteiger charge is 2.24. The number of anilines is 1. The van der Waals surface area contributed by atoms with E-state index in [4.69, 9.17) is 0 Å². The van der Waals surface area contributed by atoms with Gasteiger partial charge in [0, 0.05) is 22.1 Å². The molecule has 2 aromatic heterocycles. The van der Waals surface area contributed by atoms with Crippen LogP contribution in [-0.2, 0) is 19.4 Å². The van der Waals surface area contributed by atoms with Crippen molar-refractivity contribution >= 4 is 38.2 Å². The number of rotatable bonds is 3. The van der Waals surface area contributed by atoms with Gasteiger partial charge in [-0.3, -0.25) is 4.79 Å². The molecule has 3 rings (SSSR count). The molecule has 6 heteroatoms. The predicted molar refractivity (Wildman–Crippen MR) is 86.8 cm³/mol. The summed E-state index contributed by atoms with van der Waals surface area (Å²) in [5, 5.41) is 13.0. The molecule has 0 spiro atoms. The van der Waals surface area contributed by atoms with Gasteiger partial charge in [-0.2, -0.15) is 5.26 Å². The van der Waals surface area contributed by atoms with Crippen LogP contribution in [-0.4, -0.2) is 10.5 Å². The van der Waals surface area contributed by atoms with E-state index in [-0.39, 0.29) is 5.91 Å². The quantitative estimate of drug-likeness (QED) is 0.897. The summed E-state index contributed by atoms with van der Waals surface area (Å²) in [6, 6.07) is 4.04. The average Bonchev–Trinajstić information content (AvgIpc) is 3.12. The monoisotopic (exact) mass is 363 g/mol. The number of amides is 1. The molecule has 1 aliphatic rings. The number of hydrogen-bond donors (Lipinski definition) is 1. The molecule has 2 aromatic rings. The second kappa shape index (κ2) is 5.66. The van der Waals surface area contributed by atoms with Gasteiger partial charge in [-0.05, 0) is 53.7 Å². The normalized spacial score (nSPS) is 13.0. The highest BCUT2D eigenvalue weighted by Crippen LogP contribution is 2.38. The number of hydrogen-bond acceptors (Lipinski definition) is 3. The van der Waals surface area contributed by atoms with Gasteiger partial charge in [-0.1, -0.05) is 0 Å². The van der Waals surface area contributed by atoms with Crippen molar-refractivity contribution in [2.24, 2.45) is 0 Å². The number of aromatic nitrogens is 1. The number of fused-ring (bicyclic) bond motifs is 1. The van der Waals surface area contributed by atoms with E-state index in [1.54, 1.807) is 17.4 Å². The molecule has 0 atom stereocenters.